The molecule has 0 saturated heterocycles. The third-order valence-electron chi connectivity index (χ3n) is 2.78. The number of carboxylic acid groups (broad SMARTS) is 1. The van der Waals surface area contributed by atoms with Crippen molar-refractivity contribution in [3.8, 4) is 0 Å². The summed E-state index contributed by atoms with van der Waals surface area (Å²) in [6, 6.07) is -0.0628. The summed E-state index contributed by atoms with van der Waals surface area (Å²) in [5, 5.41) is 18.7. The highest BCUT2D eigenvalue weighted by molar-refractivity contribution is 5.81. The van der Waals surface area contributed by atoms with Gasteiger partial charge < -0.3 is 16.2 Å². The second-order valence-corrected chi connectivity index (χ2v) is 4.41. The molecule has 2 unspecified atom stereocenters. The van der Waals surface area contributed by atoms with Gasteiger partial charge >= 0.3 is 5.97 Å². The van der Waals surface area contributed by atoms with Crippen molar-refractivity contribution in [2.24, 2.45) is 11.7 Å². The zero-order chi connectivity index (χ0) is 13.8. The number of hydrogen-bond acceptors (Lipinski definition) is 5. The smallest absolute Gasteiger partial charge is 0.325 e. The predicted octanol–water partition coefficient (Wildman–Crippen LogP) is -1.12. The van der Waals surface area contributed by atoms with Gasteiger partial charge in [-0.15, -0.1) is 5.10 Å². The molecule has 0 bridgehead atoms. The molecule has 0 aliphatic heterocycles. The molecule has 19 heavy (non-hydrogen) atoms. The van der Waals surface area contributed by atoms with Crippen molar-refractivity contribution in [2.45, 2.75) is 25.6 Å². The van der Waals surface area contributed by atoms with Crippen LogP contribution in [0.4, 0.5) is 0 Å². The molecule has 1 aromatic rings. The van der Waals surface area contributed by atoms with Crippen molar-refractivity contribution in [3.63, 3.8) is 0 Å². The summed E-state index contributed by atoms with van der Waals surface area (Å²) < 4.78 is 1.20. The van der Waals surface area contributed by atoms with Crippen molar-refractivity contribution in [1.82, 2.24) is 20.3 Å². The fourth-order valence-electron chi connectivity index (χ4n) is 1.87. The first-order valence-electron chi connectivity index (χ1n) is 5.87. The number of carbonyl (C=O) groups is 2. The van der Waals surface area contributed by atoms with Crippen LogP contribution in [0, 0.1) is 5.92 Å². The largest absolute Gasteiger partial charge is 0.480 e. The lowest BCUT2D eigenvalue weighted by Gasteiger charge is -2.08. The van der Waals surface area contributed by atoms with Crippen LogP contribution in [0.3, 0.4) is 0 Å². The molecule has 1 aliphatic carbocycles. The van der Waals surface area contributed by atoms with E-state index in [-0.39, 0.29) is 31.0 Å². The molecule has 1 aromatic heterocycles. The maximum Gasteiger partial charge on any atom is 0.325 e. The monoisotopic (exact) mass is 265 g/mol. The molecule has 4 N–H and O–H groups in total. The summed E-state index contributed by atoms with van der Waals surface area (Å²) in [5.74, 6) is -1.31. The van der Waals surface area contributed by atoms with Gasteiger partial charge in [0.2, 0.25) is 5.91 Å². The first kappa shape index (κ1) is 13.2. The standard InChI is InChI=1S/C11H15N5O3/c12-8-2-1-7(3-8)11(19)13-4-9-5-16(15-14-9)6-10(17)18/h1-2,5,7-8H,3-4,6,12H2,(H,13,19)(H,17,18). The fourth-order valence-corrected chi connectivity index (χ4v) is 1.87. The minimum Gasteiger partial charge on any atom is -0.480 e. The summed E-state index contributed by atoms with van der Waals surface area (Å²) >= 11 is 0. The Bertz CT molecular complexity index is 510. The van der Waals surface area contributed by atoms with Gasteiger partial charge in [0.1, 0.15) is 12.2 Å². The first-order valence-corrected chi connectivity index (χ1v) is 5.87. The third kappa shape index (κ3) is 3.62. The van der Waals surface area contributed by atoms with E-state index < -0.39 is 5.97 Å². The molecule has 1 amide bonds. The minimum absolute atomic E-state index is 0.0628. The predicted molar refractivity (Wildman–Crippen MR) is 64.7 cm³/mol. The van der Waals surface area contributed by atoms with Gasteiger partial charge in [-0.1, -0.05) is 17.4 Å². The lowest BCUT2D eigenvalue weighted by molar-refractivity contribution is -0.138. The molecule has 1 heterocycles. The second kappa shape index (κ2) is 5.61. The number of aromatic nitrogens is 3. The van der Waals surface area contributed by atoms with Crippen LogP contribution in [0.1, 0.15) is 12.1 Å². The molecular formula is C11H15N5O3. The minimum atomic E-state index is -0.995. The summed E-state index contributed by atoms with van der Waals surface area (Å²) in [6.07, 6.45) is 5.71. The third-order valence-corrected chi connectivity index (χ3v) is 2.78. The van der Waals surface area contributed by atoms with Crippen LogP contribution < -0.4 is 11.1 Å². The Morgan fingerprint density at radius 3 is 2.95 bits per heavy atom. The van der Waals surface area contributed by atoms with Gasteiger partial charge in [0.05, 0.1) is 18.7 Å². The number of aliphatic carboxylic acids is 1. The van der Waals surface area contributed by atoms with Crippen LogP contribution in [0.2, 0.25) is 0 Å². The highest BCUT2D eigenvalue weighted by Gasteiger charge is 2.22. The second-order valence-electron chi connectivity index (χ2n) is 4.41. The van der Waals surface area contributed by atoms with E-state index in [0.29, 0.717) is 12.1 Å². The summed E-state index contributed by atoms with van der Waals surface area (Å²) in [4.78, 5) is 22.3. The van der Waals surface area contributed by atoms with Crippen molar-refractivity contribution in [3.05, 3.63) is 24.0 Å². The molecule has 102 valence electrons. The zero-order valence-corrected chi connectivity index (χ0v) is 10.2. The molecule has 8 nitrogen and oxygen atoms in total. The van der Waals surface area contributed by atoms with Crippen LogP contribution in [0.25, 0.3) is 0 Å². The Balaban J connectivity index is 1.82. The lowest BCUT2D eigenvalue weighted by Crippen LogP contribution is -2.30. The normalized spacial score (nSPS) is 21.5. The lowest BCUT2D eigenvalue weighted by atomic mass is 10.1. The molecule has 0 saturated carbocycles. The van der Waals surface area contributed by atoms with Crippen LogP contribution in [-0.2, 0) is 22.7 Å². The van der Waals surface area contributed by atoms with Crippen LogP contribution in [0.5, 0.6) is 0 Å². The Labute approximate surface area is 109 Å². The van der Waals surface area contributed by atoms with Crippen LogP contribution >= 0.6 is 0 Å². The first-order chi connectivity index (χ1) is 9.04. The number of carbonyl (C=O) groups excluding carboxylic acids is 1. The van der Waals surface area contributed by atoms with Crippen molar-refractivity contribution in [2.75, 3.05) is 0 Å². The summed E-state index contributed by atoms with van der Waals surface area (Å²) in [7, 11) is 0. The average Bonchev–Trinajstić information content (AvgIpc) is 2.94. The van der Waals surface area contributed by atoms with E-state index in [4.69, 9.17) is 10.8 Å². The van der Waals surface area contributed by atoms with E-state index in [2.05, 4.69) is 15.6 Å². The molecule has 0 fully saturated rings. The van der Waals surface area contributed by atoms with Gasteiger partial charge in [-0.25, -0.2) is 4.68 Å². The molecule has 0 aromatic carbocycles. The Kier molecular flexibility index (Phi) is 3.91. The number of carboxylic acids is 1. The molecule has 1 aliphatic rings. The Morgan fingerprint density at radius 2 is 2.32 bits per heavy atom. The number of rotatable bonds is 5. The van der Waals surface area contributed by atoms with E-state index in [0.717, 1.165) is 0 Å². The van der Waals surface area contributed by atoms with Crippen molar-refractivity contribution in [1.29, 1.82) is 0 Å². The van der Waals surface area contributed by atoms with Gasteiger partial charge in [0.25, 0.3) is 0 Å². The molecule has 8 heteroatoms. The SMILES string of the molecule is NC1C=CC(C(=O)NCc2cn(CC(=O)O)nn2)C1. The van der Waals surface area contributed by atoms with Crippen LogP contribution in [-0.4, -0.2) is 38.0 Å². The van der Waals surface area contributed by atoms with Crippen molar-refractivity contribution >= 4 is 11.9 Å². The Morgan fingerprint density at radius 1 is 1.53 bits per heavy atom. The van der Waals surface area contributed by atoms with Gasteiger partial charge in [-0.2, -0.15) is 0 Å². The zero-order valence-electron chi connectivity index (χ0n) is 10.2. The van der Waals surface area contributed by atoms with Gasteiger partial charge in [0.15, 0.2) is 0 Å². The maximum absolute atomic E-state index is 11.8. The molecule has 0 radical (unpaired) electrons. The quantitative estimate of drug-likeness (QED) is 0.580. The highest BCUT2D eigenvalue weighted by atomic mass is 16.4. The van der Waals surface area contributed by atoms with Gasteiger partial charge in [-0.05, 0) is 6.42 Å². The van der Waals surface area contributed by atoms with Crippen LogP contribution in [0.15, 0.2) is 18.3 Å². The maximum atomic E-state index is 11.8. The van der Waals surface area contributed by atoms with Gasteiger partial charge in [0, 0.05) is 6.04 Å². The number of nitrogens with zero attached hydrogens (tertiary/aromatic N) is 3. The van der Waals surface area contributed by atoms with Gasteiger partial charge in [-0.3, -0.25) is 9.59 Å². The topological polar surface area (TPSA) is 123 Å². The molecule has 2 rings (SSSR count). The molecule has 2 atom stereocenters. The number of hydrogen-bond donors (Lipinski definition) is 3. The molecule has 0 spiro atoms. The average molecular weight is 265 g/mol. The molecular weight excluding hydrogens is 250 g/mol. The summed E-state index contributed by atoms with van der Waals surface area (Å²) in [6.45, 7) is -0.0286. The van der Waals surface area contributed by atoms with E-state index in [1.165, 1.54) is 10.9 Å². The Hall–Kier alpha value is -2.22. The fraction of sp³-hybridized carbons (Fsp3) is 0.455. The number of nitrogens with two attached hydrogens (primary N) is 1. The van der Waals surface area contributed by atoms with Crippen molar-refractivity contribution < 1.29 is 14.7 Å². The van der Waals surface area contributed by atoms with E-state index in [9.17, 15) is 9.59 Å². The van der Waals surface area contributed by atoms with E-state index >= 15 is 0 Å². The number of amides is 1. The van der Waals surface area contributed by atoms with E-state index in [1.54, 1.807) is 6.08 Å². The number of nitrogens with one attached hydrogen (secondary N) is 1. The van der Waals surface area contributed by atoms with E-state index in [1.807, 2.05) is 6.08 Å². The summed E-state index contributed by atoms with van der Waals surface area (Å²) in [5.41, 5.74) is 6.19. The highest BCUT2D eigenvalue weighted by Crippen LogP contribution is 2.16.